The van der Waals surface area contributed by atoms with E-state index >= 15 is 0 Å². The number of rotatable bonds is 3. The summed E-state index contributed by atoms with van der Waals surface area (Å²) in [4.78, 5) is 4.89. The molecule has 18 heavy (non-hydrogen) atoms. The van der Waals surface area contributed by atoms with E-state index in [0.717, 1.165) is 45.4 Å². The minimum absolute atomic E-state index is 0.224. The van der Waals surface area contributed by atoms with Crippen LogP contribution in [0.15, 0.2) is 0 Å². The Morgan fingerprint density at radius 2 is 2.11 bits per heavy atom. The molecule has 0 aliphatic carbocycles. The van der Waals surface area contributed by atoms with Crippen LogP contribution in [-0.2, 0) is 24.1 Å². The van der Waals surface area contributed by atoms with E-state index < -0.39 is 0 Å². The molecular formula is C14H22N2O2. The van der Waals surface area contributed by atoms with Crippen molar-refractivity contribution in [3.05, 3.63) is 17.2 Å². The van der Waals surface area contributed by atoms with E-state index in [2.05, 4.69) is 4.57 Å². The molecule has 1 saturated heterocycles. The molecule has 1 aromatic rings. The second-order valence-electron chi connectivity index (χ2n) is 5.33. The molecule has 0 atom stereocenters. The molecule has 100 valence electrons. The zero-order valence-electron chi connectivity index (χ0n) is 10.9. The van der Waals surface area contributed by atoms with Crippen molar-refractivity contribution in [3.8, 4) is 0 Å². The number of aliphatic hydroxyl groups is 1. The molecule has 1 N–H and O–H groups in total. The van der Waals surface area contributed by atoms with Crippen LogP contribution >= 0.6 is 0 Å². The molecule has 4 heteroatoms. The average Bonchev–Trinajstić information content (AvgIpc) is 2.80. The number of aryl methyl sites for hydroxylation is 1. The Labute approximate surface area is 108 Å². The normalized spacial score (nSPS) is 20.9. The third kappa shape index (κ3) is 2.19. The Kier molecular flexibility index (Phi) is 3.66. The predicted octanol–water partition coefficient (Wildman–Crippen LogP) is 1.65. The summed E-state index contributed by atoms with van der Waals surface area (Å²) in [5.41, 5.74) is 2.54. The molecule has 2 aliphatic rings. The fourth-order valence-corrected chi connectivity index (χ4v) is 3.23. The van der Waals surface area contributed by atoms with Crippen molar-refractivity contribution in [1.29, 1.82) is 0 Å². The molecule has 1 aromatic heterocycles. The smallest absolute Gasteiger partial charge is 0.109 e. The van der Waals surface area contributed by atoms with Gasteiger partial charge in [0.2, 0.25) is 0 Å². The van der Waals surface area contributed by atoms with Crippen molar-refractivity contribution < 1.29 is 9.84 Å². The number of fused-ring (bicyclic) bond motifs is 1. The molecule has 0 saturated carbocycles. The van der Waals surface area contributed by atoms with Gasteiger partial charge >= 0.3 is 0 Å². The molecule has 3 heterocycles. The van der Waals surface area contributed by atoms with Crippen LogP contribution in [0.2, 0.25) is 0 Å². The largest absolute Gasteiger partial charge is 0.396 e. The standard InChI is InChI=1S/C14H22N2O2/c17-8-4-12-14(11-5-9-18-10-6-11)15-13-3-1-2-7-16(12)13/h11,17H,1-10H2. The van der Waals surface area contributed by atoms with Gasteiger partial charge < -0.3 is 14.4 Å². The van der Waals surface area contributed by atoms with E-state index in [0.29, 0.717) is 5.92 Å². The number of imidazole rings is 1. The Hall–Kier alpha value is -0.870. The van der Waals surface area contributed by atoms with Crippen LogP contribution in [0.25, 0.3) is 0 Å². The lowest BCUT2D eigenvalue weighted by Crippen LogP contribution is -2.17. The second kappa shape index (κ2) is 5.41. The van der Waals surface area contributed by atoms with Gasteiger partial charge in [-0.3, -0.25) is 0 Å². The summed E-state index contributed by atoms with van der Waals surface area (Å²) in [6.45, 7) is 3.01. The van der Waals surface area contributed by atoms with Crippen molar-refractivity contribution >= 4 is 0 Å². The highest BCUT2D eigenvalue weighted by Crippen LogP contribution is 2.31. The first kappa shape index (κ1) is 12.2. The fraction of sp³-hybridized carbons (Fsp3) is 0.786. The fourth-order valence-electron chi connectivity index (χ4n) is 3.23. The van der Waals surface area contributed by atoms with Gasteiger partial charge in [-0.15, -0.1) is 0 Å². The lowest BCUT2D eigenvalue weighted by atomic mass is 9.94. The number of aromatic nitrogens is 2. The summed E-state index contributed by atoms with van der Waals surface area (Å²) in [5.74, 6) is 1.78. The summed E-state index contributed by atoms with van der Waals surface area (Å²) in [6.07, 6.45) is 6.50. The highest BCUT2D eigenvalue weighted by molar-refractivity contribution is 5.23. The molecule has 0 aromatic carbocycles. The minimum atomic E-state index is 0.224. The van der Waals surface area contributed by atoms with Crippen LogP contribution < -0.4 is 0 Å². The van der Waals surface area contributed by atoms with Crippen LogP contribution in [0.1, 0.15) is 48.8 Å². The van der Waals surface area contributed by atoms with Crippen molar-refractivity contribution in [3.63, 3.8) is 0 Å². The molecule has 3 rings (SSSR count). The SMILES string of the molecule is OCCc1c(C2CCOCC2)nc2n1CCCC2. The highest BCUT2D eigenvalue weighted by Gasteiger charge is 2.26. The highest BCUT2D eigenvalue weighted by atomic mass is 16.5. The van der Waals surface area contributed by atoms with Crippen molar-refractivity contribution in [2.45, 2.75) is 51.0 Å². The molecule has 0 bridgehead atoms. The summed E-state index contributed by atoms with van der Waals surface area (Å²) < 4.78 is 7.80. The molecule has 4 nitrogen and oxygen atoms in total. The molecule has 2 aliphatic heterocycles. The Morgan fingerprint density at radius 1 is 1.28 bits per heavy atom. The van der Waals surface area contributed by atoms with Crippen molar-refractivity contribution in [2.24, 2.45) is 0 Å². The maximum absolute atomic E-state index is 9.30. The number of aliphatic hydroxyl groups excluding tert-OH is 1. The van der Waals surface area contributed by atoms with Crippen molar-refractivity contribution in [2.75, 3.05) is 19.8 Å². The first-order valence-corrected chi connectivity index (χ1v) is 7.17. The first-order valence-electron chi connectivity index (χ1n) is 7.17. The van der Waals surface area contributed by atoms with Gasteiger partial charge in [-0.1, -0.05) is 0 Å². The summed E-state index contributed by atoms with van der Waals surface area (Å²) in [5, 5.41) is 9.30. The lowest BCUT2D eigenvalue weighted by Gasteiger charge is -2.22. The van der Waals surface area contributed by atoms with E-state index in [9.17, 15) is 5.11 Å². The Bertz CT molecular complexity index is 408. The molecule has 0 unspecified atom stereocenters. The predicted molar refractivity (Wildman–Crippen MR) is 68.7 cm³/mol. The number of hydrogen-bond acceptors (Lipinski definition) is 3. The van der Waals surface area contributed by atoms with E-state index in [1.54, 1.807) is 0 Å². The molecular weight excluding hydrogens is 228 g/mol. The van der Waals surface area contributed by atoms with Gasteiger partial charge in [0.1, 0.15) is 5.82 Å². The molecule has 0 amide bonds. The van der Waals surface area contributed by atoms with Crippen LogP contribution in [-0.4, -0.2) is 34.5 Å². The maximum Gasteiger partial charge on any atom is 0.109 e. The van der Waals surface area contributed by atoms with Gasteiger partial charge in [0.05, 0.1) is 5.69 Å². The monoisotopic (exact) mass is 250 g/mol. The van der Waals surface area contributed by atoms with Crippen LogP contribution in [0, 0.1) is 0 Å². The van der Waals surface area contributed by atoms with Gasteiger partial charge in [-0.2, -0.15) is 0 Å². The van der Waals surface area contributed by atoms with E-state index in [-0.39, 0.29) is 6.61 Å². The van der Waals surface area contributed by atoms with Crippen LogP contribution in [0.3, 0.4) is 0 Å². The average molecular weight is 250 g/mol. The van der Waals surface area contributed by atoms with Gasteiger partial charge in [0.15, 0.2) is 0 Å². The third-order valence-corrected chi connectivity index (χ3v) is 4.17. The molecule has 0 radical (unpaired) electrons. The number of ether oxygens (including phenoxy) is 1. The van der Waals surface area contributed by atoms with Crippen LogP contribution in [0.4, 0.5) is 0 Å². The van der Waals surface area contributed by atoms with Gasteiger partial charge in [-0.25, -0.2) is 4.98 Å². The Balaban J connectivity index is 1.93. The lowest BCUT2D eigenvalue weighted by molar-refractivity contribution is 0.0843. The summed E-state index contributed by atoms with van der Waals surface area (Å²) >= 11 is 0. The Morgan fingerprint density at radius 3 is 2.89 bits per heavy atom. The first-order chi connectivity index (χ1) is 8.90. The zero-order chi connectivity index (χ0) is 12.4. The minimum Gasteiger partial charge on any atom is -0.396 e. The topological polar surface area (TPSA) is 47.3 Å². The van der Waals surface area contributed by atoms with Crippen molar-refractivity contribution in [1.82, 2.24) is 9.55 Å². The number of nitrogens with zero attached hydrogens (tertiary/aromatic N) is 2. The summed E-state index contributed by atoms with van der Waals surface area (Å²) in [6, 6.07) is 0. The van der Waals surface area contributed by atoms with Crippen LogP contribution in [0.5, 0.6) is 0 Å². The van der Waals surface area contributed by atoms with Gasteiger partial charge in [0.25, 0.3) is 0 Å². The van der Waals surface area contributed by atoms with E-state index in [1.165, 1.54) is 30.1 Å². The second-order valence-corrected chi connectivity index (χ2v) is 5.33. The third-order valence-electron chi connectivity index (χ3n) is 4.17. The van der Waals surface area contributed by atoms with E-state index in [1.807, 2.05) is 0 Å². The van der Waals surface area contributed by atoms with Gasteiger partial charge in [0, 0.05) is 50.8 Å². The number of hydrogen-bond donors (Lipinski definition) is 1. The molecule has 1 fully saturated rings. The zero-order valence-corrected chi connectivity index (χ0v) is 10.9. The quantitative estimate of drug-likeness (QED) is 0.887. The maximum atomic E-state index is 9.30. The van der Waals surface area contributed by atoms with Gasteiger partial charge in [-0.05, 0) is 25.7 Å². The summed E-state index contributed by atoms with van der Waals surface area (Å²) in [7, 11) is 0. The van der Waals surface area contributed by atoms with E-state index in [4.69, 9.17) is 9.72 Å². The molecule has 0 spiro atoms.